The van der Waals surface area contributed by atoms with Crippen LogP contribution < -0.4 is 0 Å². The maximum Gasteiger partial charge on any atom is 0.223 e. The topological polar surface area (TPSA) is 51.7 Å². The second kappa shape index (κ2) is 9.49. The first-order valence-electron chi connectivity index (χ1n) is 8.97. The van der Waals surface area contributed by atoms with Crippen molar-refractivity contribution in [3.63, 3.8) is 0 Å². The van der Waals surface area contributed by atoms with E-state index in [0.29, 0.717) is 26.2 Å². The molecule has 5 heteroatoms. The van der Waals surface area contributed by atoms with Gasteiger partial charge < -0.3 is 14.4 Å². The fourth-order valence-corrected chi connectivity index (χ4v) is 2.94. The molecule has 2 aromatic rings. The fourth-order valence-electron chi connectivity index (χ4n) is 2.94. The molecule has 0 fully saturated rings. The van der Waals surface area contributed by atoms with Crippen LogP contribution in [-0.2, 0) is 20.8 Å². The molecule has 25 heavy (non-hydrogen) atoms. The maximum absolute atomic E-state index is 12.6. The quantitative estimate of drug-likeness (QED) is 0.650. The molecule has 0 aliphatic rings. The largest absolute Gasteiger partial charge is 0.351 e. The van der Waals surface area contributed by atoms with E-state index in [2.05, 4.69) is 4.98 Å². The van der Waals surface area contributed by atoms with Gasteiger partial charge in [0.05, 0.1) is 11.6 Å². The van der Waals surface area contributed by atoms with E-state index in [4.69, 9.17) is 9.47 Å². The van der Waals surface area contributed by atoms with E-state index in [1.54, 1.807) is 6.20 Å². The Kier molecular flexibility index (Phi) is 7.34. The van der Waals surface area contributed by atoms with E-state index in [-0.39, 0.29) is 11.9 Å². The molecular formula is C20H28N2O3. The minimum Gasteiger partial charge on any atom is -0.351 e. The average molecular weight is 344 g/mol. The van der Waals surface area contributed by atoms with E-state index in [1.807, 2.05) is 62.9 Å². The third-order valence-electron chi connectivity index (χ3n) is 4.23. The van der Waals surface area contributed by atoms with Gasteiger partial charge in [0.2, 0.25) is 5.91 Å². The summed E-state index contributed by atoms with van der Waals surface area (Å²) in [4.78, 5) is 18.9. The Morgan fingerprint density at radius 2 is 1.80 bits per heavy atom. The zero-order chi connectivity index (χ0) is 18.2. The lowest BCUT2D eigenvalue weighted by Crippen LogP contribution is -2.46. The summed E-state index contributed by atoms with van der Waals surface area (Å²) in [6, 6.07) is 9.82. The number of rotatable bonds is 9. The second-order valence-corrected chi connectivity index (χ2v) is 5.89. The zero-order valence-corrected chi connectivity index (χ0v) is 15.6. The van der Waals surface area contributed by atoms with Crippen molar-refractivity contribution < 1.29 is 14.3 Å². The lowest BCUT2D eigenvalue weighted by molar-refractivity contribution is -0.178. The number of pyridine rings is 1. The monoisotopic (exact) mass is 344 g/mol. The average Bonchev–Trinajstić information content (AvgIpc) is 2.65. The van der Waals surface area contributed by atoms with Crippen LogP contribution in [0, 0.1) is 0 Å². The number of fused-ring (bicyclic) bond motifs is 1. The Labute approximate surface area is 149 Å². The molecule has 0 saturated heterocycles. The molecule has 0 radical (unpaired) electrons. The highest BCUT2D eigenvalue weighted by Crippen LogP contribution is 2.21. The Morgan fingerprint density at radius 3 is 2.44 bits per heavy atom. The third-order valence-corrected chi connectivity index (χ3v) is 4.23. The molecule has 1 amide bonds. The highest BCUT2D eigenvalue weighted by Gasteiger charge is 2.28. The number of benzene rings is 1. The first-order chi connectivity index (χ1) is 12.1. The highest BCUT2D eigenvalue weighted by molar-refractivity contribution is 5.82. The highest BCUT2D eigenvalue weighted by atomic mass is 16.7. The van der Waals surface area contributed by atoms with E-state index in [9.17, 15) is 4.79 Å². The van der Waals surface area contributed by atoms with Crippen LogP contribution in [0.2, 0.25) is 0 Å². The van der Waals surface area contributed by atoms with E-state index in [0.717, 1.165) is 16.5 Å². The summed E-state index contributed by atoms with van der Waals surface area (Å²) in [5, 5.41) is 1.07. The van der Waals surface area contributed by atoms with Gasteiger partial charge in [-0.25, -0.2) is 0 Å². The minimum absolute atomic E-state index is 0.0739. The molecule has 0 saturated carbocycles. The van der Waals surface area contributed by atoms with Crippen molar-refractivity contribution in [2.45, 2.75) is 53.0 Å². The van der Waals surface area contributed by atoms with Crippen molar-refractivity contribution in [1.82, 2.24) is 9.88 Å². The van der Waals surface area contributed by atoms with E-state index >= 15 is 0 Å². The second-order valence-electron chi connectivity index (χ2n) is 5.89. The lowest BCUT2D eigenvalue weighted by atomic mass is 10.1. The van der Waals surface area contributed by atoms with Crippen LogP contribution >= 0.6 is 0 Å². The van der Waals surface area contributed by atoms with Gasteiger partial charge in [0.1, 0.15) is 0 Å². The summed E-state index contributed by atoms with van der Waals surface area (Å²) in [5.41, 5.74) is 1.95. The smallest absolute Gasteiger partial charge is 0.223 e. The van der Waals surface area contributed by atoms with Gasteiger partial charge in [-0.3, -0.25) is 9.78 Å². The van der Waals surface area contributed by atoms with Crippen LogP contribution in [0.5, 0.6) is 0 Å². The van der Waals surface area contributed by atoms with Crippen LogP contribution in [0.1, 0.15) is 39.7 Å². The number of hydrogen-bond donors (Lipinski definition) is 0. The van der Waals surface area contributed by atoms with Crippen LogP contribution in [-0.4, -0.2) is 41.3 Å². The van der Waals surface area contributed by atoms with Gasteiger partial charge in [0, 0.05) is 37.8 Å². The molecule has 0 aliphatic carbocycles. The van der Waals surface area contributed by atoms with Crippen molar-refractivity contribution in [3.8, 4) is 0 Å². The standard InChI is InChI=1S/C20H28N2O3/c1-5-18(23)22(15(4)20(24-6-2)25-7-3)14-17-11-8-10-16-12-9-13-21-19(16)17/h8-13,15,20H,5-7,14H2,1-4H3/t15-/m0/s1. The Bertz CT molecular complexity index is 678. The number of para-hydroxylation sites is 1. The fraction of sp³-hybridized carbons (Fsp3) is 0.500. The number of hydrogen-bond acceptors (Lipinski definition) is 4. The Hall–Kier alpha value is -1.98. The summed E-state index contributed by atoms with van der Waals surface area (Å²) in [6.07, 6.45) is 1.78. The first kappa shape index (κ1) is 19.3. The number of ether oxygens (including phenoxy) is 2. The molecule has 1 heterocycles. The van der Waals surface area contributed by atoms with Crippen molar-refractivity contribution in [1.29, 1.82) is 0 Å². The molecule has 0 spiro atoms. The van der Waals surface area contributed by atoms with Crippen molar-refractivity contribution in [3.05, 3.63) is 42.1 Å². The van der Waals surface area contributed by atoms with Gasteiger partial charge in [-0.1, -0.05) is 31.2 Å². The van der Waals surface area contributed by atoms with E-state index in [1.165, 1.54) is 0 Å². The van der Waals surface area contributed by atoms with Crippen LogP contribution in [0.15, 0.2) is 36.5 Å². The Balaban J connectivity index is 2.32. The summed E-state index contributed by atoms with van der Waals surface area (Å²) >= 11 is 0. The number of amides is 1. The molecule has 0 aliphatic heterocycles. The predicted octanol–water partition coefficient (Wildman–Crippen LogP) is 3.76. The normalized spacial score (nSPS) is 12.5. The molecule has 0 bridgehead atoms. The molecule has 1 atom stereocenters. The van der Waals surface area contributed by atoms with Crippen LogP contribution in [0.4, 0.5) is 0 Å². The summed E-state index contributed by atoms with van der Waals surface area (Å²) in [7, 11) is 0. The minimum atomic E-state index is -0.437. The number of aromatic nitrogens is 1. The van der Waals surface area contributed by atoms with Gasteiger partial charge in [0.25, 0.3) is 0 Å². The van der Waals surface area contributed by atoms with Gasteiger partial charge in [-0.05, 0) is 32.4 Å². The van der Waals surface area contributed by atoms with Crippen LogP contribution in [0.3, 0.4) is 0 Å². The molecule has 1 aromatic heterocycles. The Morgan fingerprint density at radius 1 is 1.12 bits per heavy atom. The first-order valence-corrected chi connectivity index (χ1v) is 8.97. The zero-order valence-electron chi connectivity index (χ0n) is 15.6. The molecule has 1 aromatic carbocycles. The van der Waals surface area contributed by atoms with Gasteiger partial charge in [-0.2, -0.15) is 0 Å². The summed E-state index contributed by atoms with van der Waals surface area (Å²) in [5.74, 6) is 0.0739. The predicted molar refractivity (Wildman–Crippen MR) is 99.1 cm³/mol. The molecule has 0 N–H and O–H groups in total. The van der Waals surface area contributed by atoms with Crippen molar-refractivity contribution in [2.24, 2.45) is 0 Å². The molecule has 0 unspecified atom stereocenters. The molecule has 2 rings (SSSR count). The number of nitrogens with zero attached hydrogens (tertiary/aromatic N) is 2. The number of carbonyl (C=O) groups excluding carboxylic acids is 1. The summed E-state index contributed by atoms with van der Waals surface area (Å²) in [6.45, 7) is 9.28. The lowest BCUT2D eigenvalue weighted by Gasteiger charge is -2.34. The van der Waals surface area contributed by atoms with Gasteiger partial charge in [0.15, 0.2) is 6.29 Å². The number of carbonyl (C=O) groups is 1. The van der Waals surface area contributed by atoms with Gasteiger partial charge >= 0.3 is 0 Å². The molecular weight excluding hydrogens is 316 g/mol. The third kappa shape index (κ3) is 4.77. The van der Waals surface area contributed by atoms with E-state index < -0.39 is 6.29 Å². The van der Waals surface area contributed by atoms with Crippen LogP contribution in [0.25, 0.3) is 10.9 Å². The van der Waals surface area contributed by atoms with Crippen molar-refractivity contribution >= 4 is 16.8 Å². The van der Waals surface area contributed by atoms with Crippen molar-refractivity contribution in [2.75, 3.05) is 13.2 Å². The van der Waals surface area contributed by atoms with Gasteiger partial charge in [-0.15, -0.1) is 0 Å². The maximum atomic E-state index is 12.6. The molecule has 136 valence electrons. The SMILES string of the molecule is CCOC(OCC)[C@H](C)N(Cc1cccc2cccnc12)C(=O)CC. The molecule has 5 nitrogen and oxygen atoms in total. The summed E-state index contributed by atoms with van der Waals surface area (Å²) < 4.78 is 11.4.